The summed E-state index contributed by atoms with van der Waals surface area (Å²) in [5, 5.41) is 8.94. The molecular formula is C14H20FN3O2. The van der Waals surface area contributed by atoms with Crippen LogP contribution < -0.4 is 5.73 Å². The van der Waals surface area contributed by atoms with Gasteiger partial charge in [-0.3, -0.25) is 9.69 Å². The van der Waals surface area contributed by atoms with Gasteiger partial charge in [-0.25, -0.2) is 4.39 Å². The predicted octanol–water partition coefficient (Wildman–Crippen LogP) is 0.548. The summed E-state index contributed by atoms with van der Waals surface area (Å²) < 4.78 is 13.8. The maximum atomic E-state index is 13.8. The average Bonchev–Trinajstić information content (AvgIpc) is 2.64. The number of rotatable bonds is 3. The third-order valence-corrected chi connectivity index (χ3v) is 3.52. The van der Waals surface area contributed by atoms with Gasteiger partial charge in [-0.05, 0) is 31.2 Å². The highest BCUT2D eigenvalue weighted by atomic mass is 19.1. The van der Waals surface area contributed by atoms with E-state index in [-0.39, 0.29) is 18.1 Å². The molecule has 1 aliphatic heterocycles. The number of carbonyl (C=O) groups excluding carboxylic acids is 1. The number of benzene rings is 1. The van der Waals surface area contributed by atoms with Crippen molar-refractivity contribution in [3.63, 3.8) is 0 Å². The molecule has 20 heavy (non-hydrogen) atoms. The molecule has 5 nitrogen and oxygen atoms in total. The van der Waals surface area contributed by atoms with Crippen molar-refractivity contribution < 1.29 is 14.3 Å². The Hall–Kier alpha value is -1.66. The molecule has 1 fully saturated rings. The molecule has 1 aromatic rings. The number of aliphatic hydroxyl groups is 1. The molecule has 2 rings (SSSR count). The Morgan fingerprint density at radius 2 is 2.10 bits per heavy atom. The molecule has 110 valence electrons. The van der Waals surface area contributed by atoms with Crippen molar-refractivity contribution in [2.75, 3.05) is 45.1 Å². The highest BCUT2D eigenvalue weighted by Gasteiger charge is 2.22. The highest BCUT2D eigenvalue weighted by molar-refractivity contribution is 5.94. The number of β-amino-alcohol motifs (C(OH)–C–C–N with tert-alkyl or cyclic N) is 1. The van der Waals surface area contributed by atoms with E-state index < -0.39 is 5.82 Å². The second-order valence-corrected chi connectivity index (χ2v) is 4.95. The lowest BCUT2D eigenvalue weighted by Gasteiger charge is -2.21. The van der Waals surface area contributed by atoms with E-state index >= 15 is 0 Å². The quantitative estimate of drug-likeness (QED) is 0.794. The molecule has 1 aliphatic rings. The Kier molecular flexibility index (Phi) is 4.92. The maximum absolute atomic E-state index is 13.8. The number of nitrogens with zero attached hydrogens (tertiary/aromatic N) is 2. The van der Waals surface area contributed by atoms with Crippen molar-refractivity contribution in [2.24, 2.45) is 0 Å². The number of anilines is 1. The molecule has 0 unspecified atom stereocenters. The fourth-order valence-electron chi connectivity index (χ4n) is 2.41. The van der Waals surface area contributed by atoms with E-state index in [0.717, 1.165) is 13.0 Å². The van der Waals surface area contributed by atoms with Crippen LogP contribution in [0.25, 0.3) is 0 Å². The Bertz CT molecular complexity index is 481. The van der Waals surface area contributed by atoms with Crippen molar-refractivity contribution in [1.82, 2.24) is 9.80 Å². The molecule has 0 radical (unpaired) electrons. The summed E-state index contributed by atoms with van der Waals surface area (Å²) in [7, 11) is 0. The molecular weight excluding hydrogens is 261 g/mol. The molecule has 0 saturated carbocycles. The predicted molar refractivity (Wildman–Crippen MR) is 74.9 cm³/mol. The van der Waals surface area contributed by atoms with Gasteiger partial charge in [0.15, 0.2) is 0 Å². The van der Waals surface area contributed by atoms with Gasteiger partial charge in [0.2, 0.25) is 0 Å². The lowest BCUT2D eigenvalue weighted by atomic mass is 10.1. The fourth-order valence-corrected chi connectivity index (χ4v) is 2.41. The van der Waals surface area contributed by atoms with Crippen molar-refractivity contribution >= 4 is 11.6 Å². The fraction of sp³-hybridized carbons (Fsp3) is 0.500. The number of nitrogen functional groups attached to an aromatic ring is 1. The Morgan fingerprint density at radius 3 is 2.80 bits per heavy atom. The summed E-state index contributed by atoms with van der Waals surface area (Å²) >= 11 is 0. The number of hydrogen-bond donors (Lipinski definition) is 2. The Morgan fingerprint density at radius 1 is 1.30 bits per heavy atom. The Balaban J connectivity index is 2.05. The van der Waals surface area contributed by atoms with E-state index in [0.29, 0.717) is 31.9 Å². The minimum Gasteiger partial charge on any atom is -0.399 e. The third-order valence-electron chi connectivity index (χ3n) is 3.52. The van der Waals surface area contributed by atoms with Crippen LogP contribution in [0.1, 0.15) is 16.8 Å². The number of amides is 1. The van der Waals surface area contributed by atoms with Gasteiger partial charge in [-0.15, -0.1) is 0 Å². The van der Waals surface area contributed by atoms with Gasteiger partial charge < -0.3 is 15.7 Å². The molecule has 0 atom stereocenters. The van der Waals surface area contributed by atoms with Crippen LogP contribution in [-0.2, 0) is 0 Å². The molecule has 1 aromatic carbocycles. The van der Waals surface area contributed by atoms with Crippen molar-refractivity contribution in [2.45, 2.75) is 6.42 Å². The summed E-state index contributed by atoms with van der Waals surface area (Å²) in [4.78, 5) is 16.1. The van der Waals surface area contributed by atoms with Crippen LogP contribution in [0.3, 0.4) is 0 Å². The molecule has 1 amide bonds. The van der Waals surface area contributed by atoms with E-state index in [4.69, 9.17) is 10.8 Å². The van der Waals surface area contributed by atoms with Gasteiger partial charge in [-0.1, -0.05) is 0 Å². The van der Waals surface area contributed by atoms with Gasteiger partial charge in [0.1, 0.15) is 5.82 Å². The zero-order chi connectivity index (χ0) is 14.5. The number of halogens is 1. The first-order valence-corrected chi connectivity index (χ1v) is 6.79. The number of aliphatic hydroxyl groups excluding tert-OH is 1. The third kappa shape index (κ3) is 3.46. The molecule has 6 heteroatoms. The topological polar surface area (TPSA) is 69.8 Å². The zero-order valence-electron chi connectivity index (χ0n) is 11.4. The monoisotopic (exact) mass is 281 g/mol. The highest BCUT2D eigenvalue weighted by Crippen LogP contribution is 2.15. The lowest BCUT2D eigenvalue weighted by molar-refractivity contribution is 0.0756. The molecule has 1 heterocycles. The van der Waals surface area contributed by atoms with E-state index in [2.05, 4.69) is 4.90 Å². The smallest absolute Gasteiger partial charge is 0.256 e. The van der Waals surface area contributed by atoms with Crippen molar-refractivity contribution in [3.05, 3.63) is 29.6 Å². The minimum atomic E-state index is -0.577. The summed E-state index contributed by atoms with van der Waals surface area (Å²) in [5.74, 6) is -0.875. The van der Waals surface area contributed by atoms with Crippen molar-refractivity contribution in [1.29, 1.82) is 0 Å². The van der Waals surface area contributed by atoms with E-state index in [1.54, 1.807) is 4.90 Å². The minimum absolute atomic E-state index is 0.0646. The van der Waals surface area contributed by atoms with E-state index in [9.17, 15) is 9.18 Å². The summed E-state index contributed by atoms with van der Waals surface area (Å²) in [6, 6.07) is 4.14. The van der Waals surface area contributed by atoms with Gasteiger partial charge in [0.25, 0.3) is 5.91 Å². The number of carbonyl (C=O) groups is 1. The first kappa shape index (κ1) is 14.7. The summed E-state index contributed by atoms with van der Waals surface area (Å²) in [6.45, 7) is 3.41. The van der Waals surface area contributed by atoms with Crippen LogP contribution in [0.5, 0.6) is 0 Å². The molecule has 0 aliphatic carbocycles. The molecule has 0 spiro atoms. The van der Waals surface area contributed by atoms with E-state index in [1.807, 2.05) is 0 Å². The number of nitrogens with two attached hydrogens (primary N) is 1. The van der Waals surface area contributed by atoms with Crippen LogP contribution in [0, 0.1) is 5.82 Å². The summed E-state index contributed by atoms with van der Waals surface area (Å²) in [6.07, 6.45) is 0.822. The molecule has 1 saturated heterocycles. The van der Waals surface area contributed by atoms with Crippen LogP contribution in [0.2, 0.25) is 0 Å². The first-order chi connectivity index (χ1) is 9.61. The SMILES string of the molecule is Nc1ccc(C(=O)N2CCCN(CCO)CC2)c(F)c1. The molecule has 0 bridgehead atoms. The van der Waals surface area contributed by atoms with Crippen LogP contribution >= 0.6 is 0 Å². The van der Waals surface area contributed by atoms with Gasteiger partial charge in [0.05, 0.1) is 12.2 Å². The van der Waals surface area contributed by atoms with Crippen LogP contribution in [-0.4, -0.2) is 60.1 Å². The standard InChI is InChI=1S/C14H20FN3O2/c15-13-10-11(16)2-3-12(13)14(20)18-5-1-4-17(6-7-18)8-9-19/h2-3,10,19H,1,4-9,16H2. The Labute approximate surface area is 117 Å². The van der Waals surface area contributed by atoms with Gasteiger partial charge in [0, 0.05) is 31.9 Å². The molecule has 0 aromatic heterocycles. The van der Waals surface area contributed by atoms with Gasteiger partial charge >= 0.3 is 0 Å². The first-order valence-electron chi connectivity index (χ1n) is 6.79. The van der Waals surface area contributed by atoms with Crippen LogP contribution in [0.15, 0.2) is 18.2 Å². The summed E-state index contributed by atoms with van der Waals surface area (Å²) in [5.41, 5.74) is 5.86. The van der Waals surface area contributed by atoms with Gasteiger partial charge in [-0.2, -0.15) is 0 Å². The largest absolute Gasteiger partial charge is 0.399 e. The lowest BCUT2D eigenvalue weighted by Crippen LogP contribution is -2.36. The van der Waals surface area contributed by atoms with Crippen molar-refractivity contribution in [3.8, 4) is 0 Å². The average molecular weight is 281 g/mol. The zero-order valence-corrected chi connectivity index (χ0v) is 11.4. The maximum Gasteiger partial charge on any atom is 0.256 e. The second-order valence-electron chi connectivity index (χ2n) is 4.95. The number of hydrogen-bond acceptors (Lipinski definition) is 4. The van der Waals surface area contributed by atoms with E-state index in [1.165, 1.54) is 18.2 Å². The molecule has 3 N–H and O–H groups in total. The second kappa shape index (κ2) is 6.67. The normalized spacial score (nSPS) is 17.0. The van der Waals surface area contributed by atoms with Crippen LogP contribution in [0.4, 0.5) is 10.1 Å².